The fourth-order valence-corrected chi connectivity index (χ4v) is 2.56. The second-order valence-electron chi connectivity index (χ2n) is 4.72. The van der Waals surface area contributed by atoms with Crippen LogP contribution in [0.25, 0.3) is 0 Å². The minimum absolute atomic E-state index is 0.532. The molecule has 1 rings (SSSR count). The van der Waals surface area contributed by atoms with Crippen LogP contribution in [-0.2, 0) is 28.5 Å². The number of esters is 2. The summed E-state index contributed by atoms with van der Waals surface area (Å²) in [5, 5.41) is 0. The van der Waals surface area contributed by atoms with E-state index in [1.54, 1.807) is 0 Å². The third kappa shape index (κ3) is 2.82. The van der Waals surface area contributed by atoms with Crippen LogP contribution < -0.4 is 0 Å². The summed E-state index contributed by atoms with van der Waals surface area (Å²) >= 11 is 0. The van der Waals surface area contributed by atoms with Gasteiger partial charge in [-0.05, 0) is 6.42 Å². The van der Waals surface area contributed by atoms with Gasteiger partial charge in [0.2, 0.25) is 5.79 Å². The van der Waals surface area contributed by atoms with Crippen molar-refractivity contribution in [2.24, 2.45) is 5.41 Å². The highest BCUT2D eigenvalue weighted by Gasteiger charge is 2.62. The Hall–Kier alpha value is -1.61. The van der Waals surface area contributed by atoms with Crippen molar-refractivity contribution in [3.05, 3.63) is 11.6 Å². The predicted octanol–water partition coefficient (Wildman–Crippen LogP) is 1.59. The Balaban J connectivity index is 3.49. The van der Waals surface area contributed by atoms with E-state index in [2.05, 4.69) is 9.47 Å². The van der Waals surface area contributed by atoms with Crippen LogP contribution in [0, 0.1) is 5.41 Å². The van der Waals surface area contributed by atoms with E-state index in [9.17, 15) is 22.8 Å². The zero-order chi connectivity index (χ0) is 17.2. The van der Waals surface area contributed by atoms with Crippen LogP contribution in [0.4, 0.5) is 13.2 Å². The van der Waals surface area contributed by atoms with Crippen LogP contribution in [0.15, 0.2) is 11.6 Å². The van der Waals surface area contributed by atoms with Crippen molar-refractivity contribution in [1.29, 1.82) is 0 Å². The highest BCUT2D eigenvalue weighted by molar-refractivity contribution is 6.00. The lowest BCUT2D eigenvalue weighted by Crippen LogP contribution is -2.54. The van der Waals surface area contributed by atoms with Gasteiger partial charge in [0.05, 0.1) is 19.8 Å². The van der Waals surface area contributed by atoms with Gasteiger partial charge in [-0.15, -0.1) is 0 Å². The lowest BCUT2D eigenvalue weighted by atomic mass is 9.71. The summed E-state index contributed by atoms with van der Waals surface area (Å²) in [5.74, 6) is -4.34. The van der Waals surface area contributed by atoms with E-state index in [4.69, 9.17) is 9.47 Å². The van der Waals surface area contributed by atoms with Crippen molar-refractivity contribution in [2.75, 3.05) is 28.4 Å². The van der Waals surface area contributed by atoms with E-state index in [0.717, 1.165) is 28.4 Å². The lowest BCUT2D eigenvalue weighted by molar-refractivity contribution is -0.242. The van der Waals surface area contributed by atoms with Gasteiger partial charge in [0.15, 0.2) is 5.41 Å². The van der Waals surface area contributed by atoms with Gasteiger partial charge in [0.25, 0.3) is 0 Å². The molecule has 0 atom stereocenters. The van der Waals surface area contributed by atoms with Gasteiger partial charge in [-0.3, -0.25) is 9.59 Å². The van der Waals surface area contributed by atoms with Crippen LogP contribution in [0.5, 0.6) is 0 Å². The minimum Gasteiger partial charge on any atom is -0.468 e. The van der Waals surface area contributed by atoms with Crippen LogP contribution in [0.2, 0.25) is 0 Å². The Morgan fingerprint density at radius 2 is 1.50 bits per heavy atom. The number of halogens is 3. The van der Waals surface area contributed by atoms with E-state index in [-0.39, 0.29) is 0 Å². The molecule has 1 aliphatic carbocycles. The molecule has 0 saturated carbocycles. The number of hydrogen-bond donors (Lipinski definition) is 0. The van der Waals surface area contributed by atoms with Gasteiger partial charge in [-0.1, -0.05) is 6.08 Å². The minimum atomic E-state index is -4.75. The quantitative estimate of drug-likeness (QED) is 0.338. The normalized spacial score (nSPS) is 20.0. The molecule has 0 unspecified atom stereocenters. The number of allylic oxidation sites excluding steroid dienone is 1. The molecule has 0 aromatic rings. The molecule has 0 heterocycles. The van der Waals surface area contributed by atoms with Crippen molar-refractivity contribution >= 4 is 11.9 Å². The van der Waals surface area contributed by atoms with Crippen LogP contribution in [-0.4, -0.2) is 52.3 Å². The third-order valence-electron chi connectivity index (χ3n) is 3.72. The van der Waals surface area contributed by atoms with Gasteiger partial charge in [-0.2, -0.15) is 13.2 Å². The zero-order valence-electron chi connectivity index (χ0n) is 12.6. The molecule has 0 fully saturated rings. The topological polar surface area (TPSA) is 71.1 Å². The molecular weight excluding hydrogens is 309 g/mol. The van der Waals surface area contributed by atoms with E-state index < -0.39 is 47.7 Å². The first-order valence-electron chi connectivity index (χ1n) is 6.18. The SMILES string of the molecule is COC(=O)C1(C(=O)OC)CC=C(C(F)(F)F)C(OC)(OC)C1. The van der Waals surface area contributed by atoms with E-state index in [1.807, 2.05) is 0 Å². The van der Waals surface area contributed by atoms with E-state index in [0.29, 0.717) is 6.08 Å². The zero-order valence-corrected chi connectivity index (χ0v) is 12.6. The molecule has 6 nitrogen and oxygen atoms in total. The fraction of sp³-hybridized carbons (Fsp3) is 0.692. The maximum absolute atomic E-state index is 13.2. The van der Waals surface area contributed by atoms with E-state index >= 15 is 0 Å². The molecule has 0 saturated heterocycles. The molecule has 0 aromatic carbocycles. The Kier molecular flexibility index (Phi) is 5.24. The summed E-state index contributed by atoms with van der Waals surface area (Å²) in [6.07, 6.45) is -5.29. The Bertz CT molecular complexity index is 463. The number of ether oxygens (including phenoxy) is 4. The van der Waals surface area contributed by atoms with Crippen LogP contribution >= 0.6 is 0 Å². The summed E-state index contributed by atoms with van der Waals surface area (Å²) in [7, 11) is 4.04. The molecule has 22 heavy (non-hydrogen) atoms. The molecular formula is C13H17F3O6. The van der Waals surface area contributed by atoms with E-state index in [1.165, 1.54) is 0 Å². The third-order valence-corrected chi connectivity index (χ3v) is 3.72. The molecule has 0 amide bonds. The maximum atomic E-state index is 13.2. The Morgan fingerprint density at radius 3 is 1.82 bits per heavy atom. The first-order chi connectivity index (χ1) is 10.1. The predicted molar refractivity (Wildman–Crippen MR) is 66.6 cm³/mol. The standard InChI is InChI=1S/C13H17F3O6/c1-19-9(17)11(10(18)20-2)6-5-8(13(14,15)16)12(7-11,21-3)22-4/h5H,6-7H2,1-4H3. The number of rotatable bonds is 4. The molecule has 0 radical (unpaired) electrons. The van der Waals surface area contributed by atoms with Gasteiger partial charge < -0.3 is 18.9 Å². The van der Waals surface area contributed by atoms with Crippen molar-refractivity contribution < 1.29 is 41.7 Å². The Labute approximate surface area is 125 Å². The molecule has 0 bridgehead atoms. The van der Waals surface area contributed by atoms with Gasteiger partial charge >= 0.3 is 18.1 Å². The number of carbonyl (C=O) groups is 2. The smallest absolute Gasteiger partial charge is 0.417 e. The summed E-state index contributed by atoms with van der Waals surface area (Å²) in [4.78, 5) is 24.0. The fourth-order valence-electron chi connectivity index (χ4n) is 2.56. The van der Waals surface area contributed by atoms with Gasteiger partial charge in [-0.25, -0.2) is 0 Å². The van der Waals surface area contributed by atoms with Crippen molar-refractivity contribution in [2.45, 2.75) is 24.8 Å². The van der Waals surface area contributed by atoms with Crippen molar-refractivity contribution in [3.8, 4) is 0 Å². The van der Waals surface area contributed by atoms with Gasteiger partial charge in [0, 0.05) is 20.6 Å². The van der Waals surface area contributed by atoms with Crippen LogP contribution in [0.3, 0.4) is 0 Å². The number of methoxy groups -OCH3 is 4. The largest absolute Gasteiger partial charge is 0.468 e. The summed E-state index contributed by atoms with van der Waals surface area (Å²) in [6.45, 7) is 0. The van der Waals surface area contributed by atoms with Crippen LogP contribution in [0.1, 0.15) is 12.8 Å². The monoisotopic (exact) mass is 326 g/mol. The highest BCUT2D eigenvalue weighted by atomic mass is 19.4. The molecule has 0 aliphatic heterocycles. The molecule has 9 heteroatoms. The first kappa shape index (κ1) is 18.4. The lowest BCUT2D eigenvalue weighted by Gasteiger charge is -2.43. The molecule has 126 valence electrons. The second-order valence-corrected chi connectivity index (χ2v) is 4.72. The molecule has 0 N–H and O–H groups in total. The summed E-state index contributed by atoms with van der Waals surface area (Å²) in [5.41, 5.74) is -3.09. The first-order valence-corrected chi connectivity index (χ1v) is 6.18. The maximum Gasteiger partial charge on any atom is 0.417 e. The average molecular weight is 326 g/mol. The average Bonchev–Trinajstić information content (AvgIpc) is 2.51. The highest BCUT2D eigenvalue weighted by Crippen LogP contribution is 2.49. The number of carbonyl (C=O) groups excluding carboxylic acids is 2. The number of alkyl halides is 3. The number of hydrogen-bond acceptors (Lipinski definition) is 6. The molecule has 1 aliphatic rings. The second kappa shape index (κ2) is 6.25. The summed E-state index contributed by atoms with van der Waals surface area (Å²) in [6, 6.07) is 0. The molecule has 0 aromatic heterocycles. The van der Waals surface area contributed by atoms with Gasteiger partial charge in [0.1, 0.15) is 0 Å². The summed E-state index contributed by atoms with van der Waals surface area (Å²) < 4.78 is 58.4. The van der Waals surface area contributed by atoms with Crippen molar-refractivity contribution in [1.82, 2.24) is 0 Å². The molecule has 0 spiro atoms. The Morgan fingerprint density at radius 1 is 1.05 bits per heavy atom. The van der Waals surface area contributed by atoms with Crippen molar-refractivity contribution in [3.63, 3.8) is 0 Å².